The van der Waals surface area contributed by atoms with E-state index in [0.717, 1.165) is 12.8 Å². The number of hydrogen-bond acceptors (Lipinski definition) is 2. The van der Waals surface area contributed by atoms with Crippen molar-refractivity contribution in [2.45, 2.75) is 38.7 Å². The molecule has 2 heteroatoms. The van der Waals surface area contributed by atoms with Crippen molar-refractivity contribution in [3.63, 3.8) is 0 Å². The highest BCUT2D eigenvalue weighted by molar-refractivity contribution is 5.79. The van der Waals surface area contributed by atoms with Crippen LogP contribution in [0.15, 0.2) is 12.2 Å². The third-order valence-corrected chi connectivity index (χ3v) is 2.15. The lowest BCUT2D eigenvalue weighted by molar-refractivity contribution is -0.122. The summed E-state index contributed by atoms with van der Waals surface area (Å²) in [6.07, 6.45) is 7.54. The molecule has 0 spiro atoms. The largest absolute Gasteiger partial charge is 0.374 e. The average Bonchev–Trinajstić information content (AvgIpc) is 2.09. The van der Waals surface area contributed by atoms with Crippen molar-refractivity contribution < 1.29 is 9.53 Å². The number of hydrogen-bond donors (Lipinski definition) is 0. The third-order valence-electron chi connectivity index (χ3n) is 2.15. The molecule has 0 N–H and O–H groups in total. The summed E-state index contributed by atoms with van der Waals surface area (Å²) in [5.41, 5.74) is 0. The van der Waals surface area contributed by atoms with E-state index in [4.69, 9.17) is 4.74 Å². The molecule has 0 radical (unpaired) electrons. The van der Waals surface area contributed by atoms with Crippen LogP contribution in [0, 0.1) is 0 Å². The van der Waals surface area contributed by atoms with Gasteiger partial charge in [0.25, 0.3) is 0 Å². The van der Waals surface area contributed by atoms with Gasteiger partial charge in [-0.3, -0.25) is 4.79 Å². The van der Waals surface area contributed by atoms with Crippen LogP contribution in [0.1, 0.15) is 32.6 Å². The monoisotopic (exact) mass is 168 g/mol. The molecule has 2 nitrogen and oxygen atoms in total. The molecule has 0 saturated heterocycles. The van der Waals surface area contributed by atoms with Crippen LogP contribution in [0.4, 0.5) is 0 Å². The number of Topliss-reactive ketones (excluding diaryl/α,β-unsaturated/α-hetero) is 1. The number of carbonyl (C=O) groups excluding carboxylic acids is 1. The van der Waals surface area contributed by atoms with E-state index < -0.39 is 0 Å². The second kappa shape index (κ2) is 5.09. The average molecular weight is 168 g/mol. The van der Waals surface area contributed by atoms with Crippen LogP contribution in [0.25, 0.3) is 0 Å². The molecule has 0 atom stereocenters. The van der Waals surface area contributed by atoms with Gasteiger partial charge in [-0.15, -0.1) is 0 Å². The van der Waals surface area contributed by atoms with E-state index in [1.807, 2.05) is 19.1 Å². The molecule has 0 amide bonds. The Balaban J connectivity index is 2.13. The number of allylic oxidation sites excluding steroid dienone is 1. The maximum Gasteiger partial charge on any atom is 0.133 e. The molecule has 0 aliphatic heterocycles. The van der Waals surface area contributed by atoms with Crippen LogP contribution >= 0.6 is 0 Å². The molecule has 1 fully saturated rings. The molecular formula is C10H16O2. The molecule has 1 aliphatic carbocycles. The first-order valence-corrected chi connectivity index (χ1v) is 4.57. The second-order valence-corrected chi connectivity index (χ2v) is 3.14. The topological polar surface area (TPSA) is 26.3 Å². The Hall–Kier alpha value is -0.630. The molecule has 0 aromatic carbocycles. The zero-order chi connectivity index (χ0) is 8.81. The molecule has 0 aromatic heterocycles. The SMILES string of the molecule is C/C=C/COC1CCC(=O)CC1. The molecule has 1 rings (SSSR count). The van der Waals surface area contributed by atoms with Crippen molar-refractivity contribution in [2.24, 2.45) is 0 Å². The lowest BCUT2D eigenvalue weighted by Crippen LogP contribution is -2.21. The Morgan fingerprint density at radius 3 is 2.75 bits per heavy atom. The summed E-state index contributed by atoms with van der Waals surface area (Å²) in [6.45, 7) is 2.67. The van der Waals surface area contributed by atoms with E-state index in [1.54, 1.807) is 0 Å². The van der Waals surface area contributed by atoms with Gasteiger partial charge in [0.05, 0.1) is 12.7 Å². The summed E-state index contributed by atoms with van der Waals surface area (Å²) < 4.78 is 5.53. The van der Waals surface area contributed by atoms with Gasteiger partial charge in [-0.2, -0.15) is 0 Å². The van der Waals surface area contributed by atoms with E-state index >= 15 is 0 Å². The van der Waals surface area contributed by atoms with Crippen LogP contribution < -0.4 is 0 Å². The minimum absolute atomic E-state index is 0.318. The molecule has 68 valence electrons. The van der Waals surface area contributed by atoms with E-state index in [2.05, 4.69) is 0 Å². The number of ketones is 1. The van der Waals surface area contributed by atoms with Gasteiger partial charge < -0.3 is 4.74 Å². The molecular weight excluding hydrogens is 152 g/mol. The lowest BCUT2D eigenvalue weighted by atomic mass is 9.97. The quantitative estimate of drug-likeness (QED) is 0.603. The highest BCUT2D eigenvalue weighted by atomic mass is 16.5. The zero-order valence-electron chi connectivity index (χ0n) is 7.58. The fourth-order valence-corrected chi connectivity index (χ4v) is 1.37. The first-order chi connectivity index (χ1) is 5.83. The summed E-state index contributed by atoms with van der Waals surface area (Å²) in [5, 5.41) is 0. The molecule has 0 aromatic rings. The van der Waals surface area contributed by atoms with Gasteiger partial charge in [0, 0.05) is 12.8 Å². The molecule has 0 heterocycles. The number of ether oxygens (including phenoxy) is 1. The minimum Gasteiger partial charge on any atom is -0.374 e. The number of rotatable bonds is 3. The summed E-state index contributed by atoms with van der Waals surface area (Å²) in [5.74, 6) is 0.390. The standard InChI is InChI=1S/C10H16O2/c1-2-3-8-12-10-6-4-9(11)5-7-10/h2-3,10H,4-8H2,1H3/b3-2+. The molecule has 1 aliphatic rings. The zero-order valence-corrected chi connectivity index (χ0v) is 7.58. The number of carbonyl (C=O) groups is 1. The van der Waals surface area contributed by atoms with Crippen molar-refractivity contribution >= 4 is 5.78 Å². The highest BCUT2D eigenvalue weighted by Gasteiger charge is 2.18. The van der Waals surface area contributed by atoms with Crippen LogP contribution in [0.5, 0.6) is 0 Å². The lowest BCUT2D eigenvalue weighted by Gasteiger charge is -2.20. The predicted molar refractivity (Wildman–Crippen MR) is 48.0 cm³/mol. The van der Waals surface area contributed by atoms with Gasteiger partial charge in [-0.1, -0.05) is 12.2 Å². The summed E-state index contributed by atoms with van der Waals surface area (Å²) in [6, 6.07) is 0. The normalized spacial score (nSPS) is 20.6. The molecule has 0 bridgehead atoms. The van der Waals surface area contributed by atoms with Crippen LogP contribution in [-0.2, 0) is 9.53 Å². The minimum atomic E-state index is 0.318. The van der Waals surface area contributed by atoms with Crippen molar-refractivity contribution in [3.05, 3.63) is 12.2 Å². The predicted octanol–water partition coefficient (Wildman–Crippen LogP) is 2.09. The first kappa shape index (κ1) is 9.46. The molecule has 12 heavy (non-hydrogen) atoms. The van der Waals surface area contributed by atoms with Crippen molar-refractivity contribution in [1.82, 2.24) is 0 Å². The maximum absolute atomic E-state index is 10.9. The van der Waals surface area contributed by atoms with Gasteiger partial charge in [0.1, 0.15) is 5.78 Å². The van der Waals surface area contributed by atoms with Crippen LogP contribution in [0.3, 0.4) is 0 Å². The summed E-state index contributed by atoms with van der Waals surface area (Å²) in [4.78, 5) is 10.9. The third kappa shape index (κ3) is 3.18. The van der Waals surface area contributed by atoms with Gasteiger partial charge in [-0.05, 0) is 19.8 Å². The fourth-order valence-electron chi connectivity index (χ4n) is 1.37. The second-order valence-electron chi connectivity index (χ2n) is 3.14. The van der Waals surface area contributed by atoms with Gasteiger partial charge in [0.2, 0.25) is 0 Å². The fraction of sp³-hybridized carbons (Fsp3) is 0.700. The van der Waals surface area contributed by atoms with E-state index in [9.17, 15) is 4.79 Å². The summed E-state index contributed by atoms with van der Waals surface area (Å²) >= 11 is 0. The van der Waals surface area contributed by atoms with Crippen molar-refractivity contribution in [1.29, 1.82) is 0 Å². The van der Waals surface area contributed by atoms with E-state index in [1.165, 1.54) is 0 Å². The maximum atomic E-state index is 10.9. The molecule has 0 unspecified atom stereocenters. The van der Waals surface area contributed by atoms with Gasteiger partial charge >= 0.3 is 0 Å². The Kier molecular flexibility index (Phi) is 4.01. The Bertz CT molecular complexity index is 163. The Labute approximate surface area is 73.6 Å². The van der Waals surface area contributed by atoms with Crippen molar-refractivity contribution in [3.8, 4) is 0 Å². The van der Waals surface area contributed by atoms with E-state index in [0.29, 0.717) is 31.3 Å². The van der Waals surface area contributed by atoms with Gasteiger partial charge in [0.15, 0.2) is 0 Å². The van der Waals surface area contributed by atoms with Crippen LogP contribution in [0.2, 0.25) is 0 Å². The smallest absolute Gasteiger partial charge is 0.133 e. The summed E-state index contributed by atoms with van der Waals surface area (Å²) in [7, 11) is 0. The van der Waals surface area contributed by atoms with Gasteiger partial charge in [-0.25, -0.2) is 0 Å². The Morgan fingerprint density at radius 1 is 1.50 bits per heavy atom. The van der Waals surface area contributed by atoms with Crippen molar-refractivity contribution in [2.75, 3.05) is 6.61 Å². The molecule has 1 saturated carbocycles. The first-order valence-electron chi connectivity index (χ1n) is 4.57. The Morgan fingerprint density at radius 2 is 2.17 bits per heavy atom. The highest BCUT2D eigenvalue weighted by Crippen LogP contribution is 2.17. The van der Waals surface area contributed by atoms with Crippen LogP contribution in [-0.4, -0.2) is 18.5 Å². The van der Waals surface area contributed by atoms with E-state index in [-0.39, 0.29) is 0 Å².